The quantitative estimate of drug-likeness (QED) is 0.850. The van der Waals surface area contributed by atoms with Crippen LogP contribution in [0, 0.1) is 19.8 Å². The molecule has 4 heteroatoms. The first-order valence-corrected chi connectivity index (χ1v) is 6.21. The van der Waals surface area contributed by atoms with Gasteiger partial charge in [0.05, 0.1) is 6.54 Å². The van der Waals surface area contributed by atoms with E-state index in [0.29, 0.717) is 0 Å². The van der Waals surface area contributed by atoms with Crippen molar-refractivity contribution in [1.82, 2.24) is 5.32 Å². The van der Waals surface area contributed by atoms with E-state index in [1.165, 1.54) is 0 Å². The zero-order chi connectivity index (χ0) is 13.1. The second-order valence-corrected chi connectivity index (χ2v) is 4.86. The zero-order valence-electron chi connectivity index (χ0n) is 10.7. The summed E-state index contributed by atoms with van der Waals surface area (Å²) in [4.78, 5) is 23.1. The summed E-state index contributed by atoms with van der Waals surface area (Å²) < 4.78 is 0. The van der Waals surface area contributed by atoms with Crippen molar-refractivity contribution in [3.63, 3.8) is 0 Å². The van der Waals surface area contributed by atoms with Gasteiger partial charge in [0.2, 0.25) is 11.8 Å². The number of hydrogen-bond acceptors (Lipinski definition) is 2. The molecule has 0 unspecified atom stereocenters. The Balaban J connectivity index is 1.86. The van der Waals surface area contributed by atoms with Gasteiger partial charge in [-0.1, -0.05) is 12.1 Å². The third-order valence-corrected chi connectivity index (χ3v) is 3.04. The summed E-state index contributed by atoms with van der Waals surface area (Å²) in [5.74, 6) is -0.0534. The van der Waals surface area contributed by atoms with Gasteiger partial charge in [0, 0.05) is 11.6 Å². The van der Waals surface area contributed by atoms with E-state index in [9.17, 15) is 9.59 Å². The fraction of sp³-hybridized carbons (Fsp3) is 0.429. The largest absolute Gasteiger partial charge is 0.347 e. The Kier molecular flexibility index (Phi) is 3.65. The molecule has 2 N–H and O–H groups in total. The first-order chi connectivity index (χ1) is 8.56. The average molecular weight is 246 g/mol. The molecule has 1 aromatic rings. The maximum atomic E-state index is 11.7. The minimum atomic E-state index is -0.183. The summed E-state index contributed by atoms with van der Waals surface area (Å²) in [6.45, 7) is 3.96. The molecular weight excluding hydrogens is 228 g/mol. The molecule has 18 heavy (non-hydrogen) atoms. The van der Waals surface area contributed by atoms with Crippen LogP contribution in [-0.4, -0.2) is 18.4 Å². The first kappa shape index (κ1) is 12.6. The topological polar surface area (TPSA) is 58.2 Å². The number of hydrogen-bond donors (Lipinski definition) is 2. The summed E-state index contributed by atoms with van der Waals surface area (Å²) in [6, 6.07) is 5.89. The highest BCUT2D eigenvalue weighted by Gasteiger charge is 2.29. The minimum absolute atomic E-state index is 0.00823. The van der Waals surface area contributed by atoms with Crippen LogP contribution < -0.4 is 10.6 Å². The van der Waals surface area contributed by atoms with Gasteiger partial charge in [0.1, 0.15) is 0 Å². The van der Waals surface area contributed by atoms with Crippen LogP contribution in [0.2, 0.25) is 0 Å². The lowest BCUT2D eigenvalue weighted by molar-refractivity contribution is -0.125. The number of nitrogens with one attached hydrogen (secondary N) is 2. The predicted octanol–water partition coefficient (Wildman–Crippen LogP) is 1.77. The van der Waals surface area contributed by atoms with Crippen LogP contribution in [-0.2, 0) is 9.59 Å². The molecule has 0 spiro atoms. The molecule has 1 fully saturated rings. The van der Waals surface area contributed by atoms with Crippen molar-refractivity contribution in [2.75, 3.05) is 11.9 Å². The van der Waals surface area contributed by atoms with Gasteiger partial charge >= 0.3 is 0 Å². The number of amides is 2. The Morgan fingerprint density at radius 1 is 1.28 bits per heavy atom. The lowest BCUT2D eigenvalue weighted by Gasteiger charge is -2.10. The van der Waals surface area contributed by atoms with Crippen molar-refractivity contribution in [1.29, 1.82) is 0 Å². The van der Waals surface area contributed by atoms with E-state index in [-0.39, 0.29) is 24.3 Å². The van der Waals surface area contributed by atoms with E-state index < -0.39 is 0 Å². The van der Waals surface area contributed by atoms with E-state index in [1.807, 2.05) is 32.0 Å². The van der Waals surface area contributed by atoms with E-state index in [0.717, 1.165) is 29.7 Å². The van der Waals surface area contributed by atoms with E-state index in [1.54, 1.807) is 0 Å². The van der Waals surface area contributed by atoms with Gasteiger partial charge in [-0.05, 0) is 43.9 Å². The highest BCUT2D eigenvalue weighted by Crippen LogP contribution is 2.28. The molecule has 1 saturated carbocycles. The standard InChI is InChI=1S/C14H18N2O2/c1-9-3-4-10(2)12(7-9)16-13(17)8-15-14(18)11-5-6-11/h3-4,7,11H,5-6,8H2,1-2H3,(H,15,18)(H,16,17). The Morgan fingerprint density at radius 2 is 2.00 bits per heavy atom. The van der Waals surface area contributed by atoms with Crippen LogP contribution in [0.3, 0.4) is 0 Å². The average Bonchev–Trinajstić information content (AvgIpc) is 3.15. The Bertz CT molecular complexity index is 479. The van der Waals surface area contributed by atoms with Gasteiger partial charge in [-0.3, -0.25) is 9.59 Å². The smallest absolute Gasteiger partial charge is 0.243 e. The molecule has 2 rings (SSSR count). The normalized spacial score (nSPS) is 14.1. The molecule has 1 aliphatic rings. The Labute approximate surface area is 107 Å². The third-order valence-electron chi connectivity index (χ3n) is 3.04. The predicted molar refractivity (Wildman–Crippen MR) is 70.3 cm³/mol. The van der Waals surface area contributed by atoms with Crippen LogP contribution in [0.4, 0.5) is 5.69 Å². The van der Waals surface area contributed by atoms with Gasteiger partial charge in [-0.2, -0.15) is 0 Å². The van der Waals surface area contributed by atoms with E-state index in [2.05, 4.69) is 10.6 Å². The molecule has 0 aliphatic heterocycles. The van der Waals surface area contributed by atoms with Crippen LogP contribution >= 0.6 is 0 Å². The van der Waals surface area contributed by atoms with E-state index in [4.69, 9.17) is 0 Å². The molecule has 2 amide bonds. The molecule has 0 aromatic heterocycles. The number of carbonyl (C=O) groups excluding carboxylic acids is 2. The molecule has 1 aliphatic carbocycles. The number of aryl methyl sites for hydroxylation is 2. The molecule has 96 valence electrons. The van der Waals surface area contributed by atoms with Crippen molar-refractivity contribution >= 4 is 17.5 Å². The highest BCUT2D eigenvalue weighted by molar-refractivity contribution is 5.95. The Morgan fingerprint density at radius 3 is 2.67 bits per heavy atom. The molecular formula is C14H18N2O2. The van der Waals surface area contributed by atoms with Gasteiger partial charge in [-0.25, -0.2) is 0 Å². The third kappa shape index (κ3) is 3.32. The fourth-order valence-corrected chi connectivity index (χ4v) is 1.72. The fourth-order valence-electron chi connectivity index (χ4n) is 1.72. The van der Waals surface area contributed by atoms with Gasteiger partial charge in [0.25, 0.3) is 0 Å². The molecule has 0 atom stereocenters. The zero-order valence-corrected chi connectivity index (χ0v) is 10.7. The van der Waals surface area contributed by atoms with Gasteiger partial charge < -0.3 is 10.6 Å². The summed E-state index contributed by atoms with van der Waals surface area (Å²) in [5, 5.41) is 5.46. The van der Waals surface area contributed by atoms with Gasteiger partial charge in [-0.15, -0.1) is 0 Å². The first-order valence-electron chi connectivity index (χ1n) is 6.21. The number of anilines is 1. The molecule has 0 heterocycles. The second kappa shape index (κ2) is 5.21. The highest BCUT2D eigenvalue weighted by atomic mass is 16.2. The van der Waals surface area contributed by atoms with Gasteiger partial charge in [0.15, 0.2) is 0 Å². The number of carbonyl (C=O) groups is 2. The van der Waals surface area contributed by atoms with Crippen LogP contribution in [0.1, 0.15) is 24.0 Å². The maximum absolute atomic E-state index is 11.7. The minimum Gasteiger partial charge on any atom is -0.347 e. The lowest BCUT2D eigenvalue weighted by Crippen LogP contribution is -2.33. The number of benzene rings is 1. The van der Waals surface area contributed by atoms with Crippen LogP contribution in [0.15, 0.2) is 18.2 Å². The summed E-state index contributed by atoms with van der Waals surface area (Å²) >= 11 is 0. The molecule has 0 bridgehead atoms. The molecule has 0 radical (unpaired) electrons. The summed E-state index contributed by atoms with van der Waals surface area (Å²) in [7, 11) is 0. The van der Waals surface area contributed by atoms with Crippen molar-refractivity contribution in [3.05, 3.63) is 29.3 Å². The second-order valence-electron chi connectivity index (χ2n) is 4.86. The van der Waals surface area contributed by atoms with Crippen LogP contribution in [0.25, 0.3) is 0 Å². The van der Waals surface area contributed by atoms with Crippen molar-refractivity contribution in [2.24, 2.45) is 5.92 Å². The summed E-state index contributed by atoms with van der Waals surface area (Å²) in [6.07, 6.45) is 1.90. The molecule has 0 saturated heterocycles. The Hall–Kier alpha value is -1.84. The number of rotatable bonds is 4. The maximum Gasteiger partial charge on any atom is 0.243 e. The van der Waals surface area contributed by atoms with Crippen molar-refractivity contribution < 1.29 is 9.59 Å². The van der Waals surface area contributed by atoms with Crippen molar-refractivity contribution in [2.45, 2.75) is 26.7 Å². The monoisotopic (exact) mass is 246 g/mol. The molecule has 4 nitrogen and oxygen atoms in total. The van der Waals surface area contributed by atoms with Crippen molar-refractivity contribution in [3.8, 4) is 0 Å². The van der Waals surface area contributed by atoms with Crippen LogP contribution in [0.5, 0.6) is 0 Å². The SMILES string of the molecule is Cc1ccc(C)c(NC(=O)CNC(=O)C2CC2)c1. The molecule has 1 aromatic carbocycles. The lowest BCUT2D eigenvalue weighted by atomic mass is 10.1. The van der Waals surface area contributed by atoms with E-state index >= 15 is 0 Å². The summed E-state index contributed by atoms with van der Waals surface area (Å²) in [5.41, 5.74) is 2.92.